The molecule has 0 aromatic rings. The van der Waals surface area contributed by atoms with Crippen LogP contribution in [-0.4, -0.2) is 85.4 Å². The van der Waals surface area contributed by atoms with Crippen LogP contribution in [0.25, 0.3) is 0 Å². The fourth-order valence-corrected chi connectivity index (χ4v) is 3.59. The van der Waals surface area contributed by atoms with Crippen LogP contribution in [0.1, 0.15) is 19.3 Å². The highest BCUT2D eigenvalue weighted by molar-refractivity contribution is 6.31. The first-order valence-corrected chi connectivity index (χ1v) is 8.74. The van der Waals surface area contributed by atoms with E-state index >= 15 is 0 Å². The van der Waals surface area contributed by atoms with Gasteiger partial charge in [0.15, 0.2) is 12.1 Å². The summed E-state index contributed by atoms with van der Waals surface area (Å²) in [6.45, 7) is 5.16. The van der Waals surface area contributed by atoms with Crippen molar-refractivity contribution in [3.05, 3.63) is 10.9 Å². The minimum absolute atomic E-state index is 0.144. The minimum Gasteiger partial charge on any atom is -0.393 e. The molecular weight excluding hydrogens is 316 g/mol. The Balaban J connectivity index is 1.92. The molecule has 0 amide bonds. The Morgan fingerprint density at radius 1 is 1.13 bits per heavy atom. The number of hydrogen-bond donors (Lipinski definition) is 1. The number of aliphatic imine (C=N–C) groups is 1. The highest BCUT2D eigenvalue weighted by Crippen LogP contribution is 2.29. The van der Waals surface area contributed by atoms with Crippen LogP contribution in [0, 0.1) is 0 Å². The smallest absolute Gasteiger partial charge is 0.195 e. The molecule has 3 rings (SSSR count). The quantitative estimate of drug-likeness (QED) is 0.743. The summed E-state index contributed by atoms with van der Waals surface area (Å²) in [6, 6.07) is 0. The van der Waals surface area contributed by atoms with Crippen molar-refractivity contribution >= 4 is 17.4 Å². The van der Waals surface area contributed by atoms with E-state index in [0.29, 0.717) is 10.9 Å². The molecular formula is C15H27ClN6O. The van der Waals surface area contributed by atoms with Crippen LogP contribution < -0.4 is 5.73 Å². The van der Waals surface area contributed by atoms with Crippen molar-refractivity contribution in [2.24, 2.45) is 10.7 Å². The highest BCUT2D eigenvalue weighted by Gasteiger charge is 2.37. The molecule has 1 atom stereocenters. The van der Waals surface area contributed by atoms with Gasteiger partial charge in [-0.15, -0.1) is 0 Å². The predicted molar refractivity (Wildman–Crippen MR) is 91.6 cm³/mol. The van der Waals surface area contributed by atoms with Gasteiger partial charge in [-0.25, -0.2) is 10.0 Å². The van der Waals surface area contributed by atoms with Crippen molar-refractivity contribution in [1.82, 2.24) is 19.8 Å². The lowest BCUT2D eigenvalue weighted by molar-refractivity contribution is -0.110. The van der Waals surface area contributed by atoms with E-state index in [4.69, 9.17) is 27.1 Å². The maximum Gasteiger partial charge on any atom is 0.195 e. The molecule has 2 saturated heterocycles. The van der Waals surface area contributed by atoms with E-state index in [-0.39, 0.29) is 6.29 Å². The molecule has 130 valence electrons. The standard InChI is InChI=1S/C15H27ClN6O/c1-19(2)14-12(17)13(16)22(21-6-4-3-5-7-21)15(18-14)20-8-10-23-11-9-20/h15H,3-11,17H2,1-2H3. The van der Waals surface area contributed by atoms with Crippen LogP contribution in [0.15, 0.2) is 15.8 Å². The number of hydrazine groups is 1. The van der Waals surface area contributed by atoms with Crippen molar-refractivity contribution < 1.29 is 4.74 Å². The summed E-state index contributed by atoms with van der Waals surface area (Å²) in [5.74, 6) is 0.750. The Morgan fingerprint density at radius 3 is 2.39 bits per heavy atom. The van der Waals surface area contributed by atoms with Crippen molar-refractivity contribution in [3.8, 4) is 0 Å². The van der Waals surface area contributed by atoms with E-state index in [2.05, 4.69) is 14.9 Å². The Labute approximate surface area is 143 Å². The summed E-state index contributed by atoms with van der Waals surface area (Å²) in [5.41, 5.74) is 6.82. The number of halogens is 1. The number of amidine groups is 1. The van der Waals surface area contributed by atoms with Crippen molar-refractivity contribution in [3.63, 3.8) is 0 Å². The van der Waals surface area contributed by atoms with Crippen LogP contribution in [0.5, 0.6) is 0 Å². The number of hydrogen-bond acceptors (Lipinski definition) is 7. The van der Waals surface area contributed by atoms with Gasteiger partial charge in [0, 0.05) is 40.3 Å². The van der Waals surface area contributed by atoms with E-state index in [1.807, 2.05) is 19.0 Å². The van der Waals surface area contributed by atoms with Crippen molar-refractivity contribution in [2.45, 2.75) is 25.6 Å². The van der Waals surface area contributed by atoms with Gasteiger partial charge < -0.3 is 15.4 Å². The van der Waals surface area contributed by atoms with E-state index < -0.39 is 0 Å². The number of ether oxygens (including phenoxy) is 1. The molecule has 0 spiro atoms. The molecule has 0 aromatic carbocycles. The first-order valence-electron chi connectivity index (χ1n) is 8.36. The number of piperidine rings is 1. The first-order chi connectivity index (χ1) is 11.1. The zero-order chi connectivity index (χ0) is 16.4. The molecule has 0 radical (unpaired) electrons. The second kappa shape index (κ2) is 7.25. The highest BCUT2D eigenvalue weighted by atomic mass is 35.5. The van der Waals surface area contributed by atoms with Crippen LogP contribution in [0.3, 0.4) is 0 Å². The third-order valence-corrected chi connectivity index (χ3v) is 4.93. The summed E-state index contributed by atoms with van der Waals surface area (Å²) >= 11 is 6.69. The third-order valence-electron chi connectivity index (χ3n) is 4.55. The molecule has 7 nitrogen and oxygen atoms in total. The average molecular weight is 343 g/mol. The van der Waals surface area contributed by atoms with Crippen molar-refractivity contribution in [1.29, 1.82) is 0 Å². The summed E-state index contributed by atoms with van der Waals surface area (Å²) in [4.78, 5) is 9.17. The normalized spacial score (nSPS) is 28.0. The zero-order valence-electron chi connectivity index (χ0n) is 14.0. The lowest BCUT2D eigenvalue weighted by atomic mass is 10.1. The maximum atomic E-state index is 6.69. The second-order valence-corrected chi connectivity index (χ2v) is 6.76. The van der Waals surface area contributed by atoms with Crippen LogP contribution >= 0.6 is 11.6 Å². The molecule has 0 saturated carbocycles. The topological polar surface area (TPSA) is 60.6 Å². The molecule has 23 heavy (non-hydrogen) atoms. The van der Waals surface area contributed by atoms with Gasteiger partial charge in [0.25, 0.3) is 0 Å². The lowest BCUT2D eigenvalue weighted by Crippen LogP contribution is -2.60. The molecule has 3 aliphatic rings. The van der Waals surface area contributed by atoms with Crippen molar-refractivity contribution in [2.75, 3.05) is 53.5 Å². The van der Waals surface area contributed by atoms with Gasteiger partial charge in [0.2, 0.25) is 0 Å². The second-order valence-electron chi connectivity index (χ2n) is 6.41. The van der Waals surface area contributed by atoms with E-state index in [9.17, 15) is 0 Å². The van der Waals surface area contributed by atoms with Gasteiger partial charge in [-0.3, -0.25) is 9.91 Å². The zero-order valence-corrected chi connectivity index (χ0v) is 14.8. The predicted octanol–water partition coefficient (Wildman–Crippen LogP) is 0.645. The Bertz CT molecular complexity index is 482. The number of nitrogens with zero attached hydrogens (tertiary/aromatic N) is 5. The third kappa shape index (κ3) is 3.42. The minimum atomic E-state index is -0.144. The number of nitrogens with two attached hydrogens (primary N) is 1. The molecule has 8 heteroatoms. The van der Waals surface area contributed by atoms with Gasteiger partial charge in [-0.2, -0.15) is 0 Å². The summed E-state index contributed by atoms with van der Waals surface area (Å²) < 4.78 is 5.49. The van der Waals surface area contributed by atoms with Gasteiger partial charge >= 0.3 is 0 Å². The number of rotatable bonds is 2. The van der Waals surface area contributed by atoms with E-state index in [0.717, 1.165) is 45.2 Å². The molecule has 0 aromatic heterocycles. The molecule has 2 N–H and O–H groups in total. The van der Waals surface area contributed by atoms with Crippen LogP contribution in [-0.2, 0) is 4.74 Å². The summed E-state index contributed by atoms with van der Waals surface area (Å²) in [5, 5.41) is 4.98. The molecule has 0 bridgehead atoms. The summed E-state index contributed by atoms with van der Waals surface area (Å²) in [6.07, 6.45) is 3.49. The lowest BCUT2D eigenvalue weighted by Gasteiger charge is -2.48. The monoisotopic (exact) mass is 342 g/mol. The Morgan fingerprint density at radius 2 is 1.78 bits per heavy atom. The van der Waals surface area contributed by atoms with Crippen LogP contribution in [0.2, 0.25) is 0 Å². The Kier molecular flexibility index (Phi) is 5.31. The maximum absolute atomic E-state index is 6.69. The fraction of sp³-hybridized carbons (Fsp3) is 0.800. The van der Waals surface area contributed by atoms with Crippen LogP contribution in [0.4, 0.5) is 0 Å². The van der Waals surface area contributed by atoms with Gasteiger partial charge in [0.05, 0.1) is 13.2 Å². The largest absolute Gasteiger partial charge is 0.393 e. The Hall–Kier alpha value is -1.02. The number of likely N-dealkylation sites (N-methyl/N-ethyl adjacent to an activating group) is 1. The van der Waals surface area contributed by atoms with E-state index in [1.54, 1.807) is 0 Å². The number of morpholine rings is 1. The first kappa shape index (κ1) is 16.8. The van der Waals surface area contributed by atoms with Gasteiger partial charge in [-0.05, 0) is 12.8 Å². The molecule has 0 aliphatic carbocycles. The SMILES string of the molecule is CN(C)C1=NC(N2CCOCC2)N(N2CCCCC2)C(Cl)=C1N. The fourth-order valence-electron chi connectivity index (χ4n) is 3.31. The van der Waals surface area contributed by atoms with Gasteiger partial charge in [0.1, 0.15) is 10.9 Å². The molecule has 1 unspecified atom stereocenters. The van der Waals surface area contributed by atoms with E-state index in [1.165, 1.54) is 19.3 Å². The summed E-state index contributed by atoms with van der Waals surface area (Å²) in [7, 11) is 3.89. The average Bonchev–Trinajstić information content (AvgIpc) is 2.58. The molecule has 3 heterocycles. The van der Waals surface area contributed by atoms with Gasteiger partial charge in [-0.1, -0.05) is 18.0 Å². The molecule has 3 aliphatic heterocycles. The molecule has 2 fully saturated rings.